The Kier molecular flexibility index (Phi) is 11.2. The number of nitrogens with one attached hydrogen (secondary N) is 2. The van der Waals surface area contributed by atoms with Gasteiger partial charge in [0.25, 0.3) is 5.91 Å². The largest absolute Gasteiger partial charge is 0.497 e. The zero-order valence-electron chi connectivity index (χ0n) is 27.2. The molecule has 0 bridgehead atoms. The first kappa shape index (κ1) is 32.9. The van der Waals surface area contributed by atoms with Crippen LogP contribution in [0.2, 0.25) is 5.02 Å². The van der Waals surface area contributed by atoms with Crippen molar-refractivity contribution in [1.29, 1.82) is 0 Å². The molecule has 1 aromatic heterocycles. The Morgan fingerprint density at radius 2 is 1.89 bits per heavy atom. The minimum atomic E-state index is -0.205. The van der Waals surface area contributed by atoms with Crippen molar-refractivity contribution in [3.63, 3.8) is 0 Å². The Morgan fingerprint density at radius 1 is 1.13 bits per heavy atom. The molecule has 2 aromatic carbocycles. The summed E-state index contributed by atoms with van der Waals surface area (Å²) in [4.78, 5) is 18.3. The number of anilines is 2. The van der Waals surface area contributed by atoms with Crippen molar-refractivity contribution >= 4 is 29.0 Å². The van der Waals surface area contributed by atoms with Gasteiger partial charge in [0.15, 0.2) is 0 Å². The maximum atomic E-state index is 13.6. The number of piperidine rings is 1. The summed E-state index contributed by atoms with van der Waals surface area (Å²) in [5.74, 6) is 1.53. The number of ether oxygens (including phenoxy) is 1. The van der Waals surface area contributed by atoms with E-state index in [-0.39, 0.29) is 18.3 Å². The molecule has 244 valence electrons. The third kappa shape index (κ3) is 7.87. The minimum Gasteiger partial charge on any atom is -0.497 e. The number of hydrogen-bond acceptors (Lipinski definition) is 7. The molecule has 1 saturated carbocycles. The Morgan fingerprint density at radius 3 is 2.60 bits per heavy atom. The number of rotatable bonds is 12. The lowest BCUT2D eigenvalue weighted by Crippen LogP contribution is -2.43. The predicted octanol–water partition coefficient (Wildman–Crippen LogP) is 5.99. The van der Waals surface area contributed by atoms with Gasteiger partial charge < -0.3 is 30.3 Å². The van der Waals surface area contributed by atoms with Gasteiger partial charge in [-0.25, -0.2) is 4.68 Å². The van der Waals surface area contributed by atoms with Crippen LogP contribution < -0.4 is 25.2 Å². The average molecular weight is 637 g/mol. The van der Waals surface area contributed by atoms with Crippen LogP contribution in [0.15, 0.2) is 36.4 Å². The van der Waals surface area contributed by atoms with Crippen molar-refractivity contribution < 1.29 is 14.6 Å². The third-order valence-corrected chi connectivity index (χ3v) is 9.75. The lowest BCUT2D eigenvalue weighted by Gasteiger charge is -2.39. The molecule has 0 radical (unpaired) electrons. The lowest BCUT2D eigenvalue weighted by molar-refractivity contribution is 0.0950. The van der Waals surface area contributed by atoms with E-state index in [9.17, 15) is 9.90 Å². The highest BCUT2D eigenvalue weighted by Gasteiger charge is 2.28. The van der Waals surface area contributed by atoms with Crippen molar-refractivity contribution in [3.05, 3.63) is 63.7 Å². The van der Waals surface area contributed by atoms with Gasteiger partial charge in [-0.15, -0.1) is 5.10 Å². The molecule has 1 amide bonds. The molecule has 9 nitrogen and oxygen atoms in total. The second-order valence-corrected chi connectivity index (χ2v) is 12.9. The molecule has 1 aliphatic carbocycles. The van der Waals surface area contributed by atoms with E-state index in [1.165, 1.54) is 12.0 Å². The van der Waals surface area contributed by atoms with Crippen LogP contribution in [0.5, 0.6) is 11.6 Å². The van der Waals surface area contributed by atoms with Crippen molar-refractivity contribution in [2.75, 3.05) is 43.1 Å². The second kappa shape index (κ2) is 15.2. The number of amides is 1. The van der Waals surface area contributed by atoms with Crippen LogP contribution in [0.3, 0.4) is 0 Å². The van der Waals surface area contributed by atoms with Crippen molar-refractivity contribution in [2.45, 2.75) is 83.8 Å². The quantitative estimate of drug-likeness (QED) is 0.225. The Balaban J connectivity index is 1.21. The Labute approximate surface area is 272 Å². The van der Waals surface area contributed by atoms with E-state index in [1.54, 1.807) is 17.9 Å². The van der Waals surface area contributed by atoms with E-state index >= 15 is 0 Å². The van der Waals surface area contributed by atoms with E-state index in [2.05, 4.69) is 44.6 Å². The highest BCUT2D eigenvalue weighted by atomic mass is 35.5. The normalized spacial score (nSPS) is 18.6. The number of halogens is 1. The molecule has 1 saturated heterocycles. The number of methoxy groups -OCH3 is 1. The molecule has 2 heterocycles. The number of aryl methyl sites for hydroxylation is 1. The van der Waals surface area contributed by atoms with Crippen LogP contribution in [0.25, 0.3) is 0 Å². The third-order valence-electron chi connectivity index (χ3n) is 9.53. The molecule has 10 heteroatoms. The van der Waals surface area contributed by atoms with Gasteiger partial charge in [-0.1, -0.05) is 23.7 Å². The van der Waals surface area contributed by atoms with Gasteiger partial charge in [-0.3, -0.25) is 4.79 Å². The van der Waals surface area contributed by atoms with Crippen molar-refractivity contribution in [1.82, 2.24) is 20.4 Å². The zero-order chi connectivity index (χ0) is 31.9. The monoisotopic (exact) mass is 636 g/mol. The molecule has 0 spiro atoms. The highest BCUT2D eigenvalue weighted by Crippen LogP contribution is 2.34. The fourth-order valence-electron chi connectivity index (χ4n) is 7.13. The number of aromatic nitrogens is 2. The molecule has 2 fully saturated rings. The minimum absolute atomic E-state index is 0.0376. The summed E-state index contributed by atoms with van der Waals surface area (Å²) in [6, 6.07) is 12.9. The number of carbonyl (C=O) groups is 1. The van der Waals surface area contributed by atoms with Crippen molar-refractivity contribution in [3.8, 4) is 11.6 Å². The second-order valence-electron chi connectivity index (χ2n) is 12.4. The van der Waals surface area contributed by atoms with Crippen LogP contribution in [0.4, 0.5) is 11.5 Å². The van der Waals surface area contributed by atoms with Crippen LogP contribution in [0.1, 0.15) is 78.9 Å². The van der Waals surface area contributed by atoms with Crippen molar-refractivity contribution in [2.24, 2.45) is 7.05 Å². The van der Waals surface area contributed by atoms with Crippen LogP contribution >= 0.6 is 11.6 Å². The van der Waals surface area contributed by atoms with E-state index in [0.29, 0.717) is 28.2 Å². The number of carbonyl (C=O) groups excluding carboxylic acids is 1. The van der Waals surface area contributed by atoms with Gasteiger partial charge in [0, 0.05) is 55.0 Å². The predicted molar refractivity (Wildman–Crippen MR) is 182 cm³/mol. The number of hydrogen-bond donors (Lipinski definition) is 3. The van der Waals surface area contributed by atoms with Gasteiger partial charge in [0.2, 0.25) is 5.88 Å². The van der Waals surface area contributed by atoms with Gasteiger partial charge in [-0.05, 0) is 107 Å². The summed E-state index contributed by atoms with van der Waals surface area (Å²) >= 11 is 6.64. The first-order valence-corrected chi connectivity index (χ1v) is 16.9. The van der Waals surface area contributed by atoms with Gasteiger partial charge in [0.05, 0.1) is 19.2 Å². The lowest BCUT2D eigenvalue weighted by atomic mass is 9.89. The molecule has 0 unspecified atom stereocenters. The average Bonchev–Trinajstić information content (AvgIpc) is 3.34. The summed E-state index contributed by atoms with van der Waals surface area (Å²) in [6.07, 6.45) is 8.79. The molecule has 5 rings (SSSR count). The van der Waals surface area contributed by atoms with E-state index in [0.717, 1.165) is 93.9 Å². The molecule has 0 atom stereocenters. The molecular formula is C35H49ClN6O3. The fourth-order valence-corrected chi connectivity index (χ4v) is 7.35. The molecule has 2 aliphatic rings. The maximum absolute atomic E-state index is 13.6. The zero-order valence-corrected chi connectivity index (χ0v) is 28.0. The number of aromatic hydroxyl groups is 1. The van der Waals surface area contributed by atoms with E-state index < -0.39 is 0 Å². The first-order chi connectivity index (χ1) is 21.8. The standard InChI is InChI=1S/C35H49ClN6O3/c1-5-42(28-14-12-27(13-15-28)37-17-16-25-10-9-11-29(20-25)45-4)32-22-26(36)21-30(24(32)2)33(43)38-23-31-34(44)39-40(3)35(31)41-18-7-6-8-19-41/h9-11,20-22,27-28,37H,5-8,12-19,23H2,1-4H3,(H,38,43)(H,39,44)/t27-,28-. The molecule has 45 heavy (non-hydrogen) atoms. The topological polar surface area (TPSA) is 94.9 Å². The Hall–Kier alpha value is -3.43. The summed E-state index contributed by atoms with van der Waals surface area (Å²) in [7, 11) is 3.55. The van der Waals surface area contributed by atoms with Crippen LogP contribution in [-0.2, 0) is 20.0 Å². The van der Waals surface area contributed by atoms with Crippen LogP contribution in [0, 0.1) is 6.92 Å². The molecule has 3 N–H and O–H groups in total. The van der Waals surface area contributed by atoms with Crippen LogP contribution in [-0.4, -0.2) is 66.2 Å². The SMILES string of the molecule is CCN(c1cc(Cl)cc(C(=O)NCc2c(O)nn(C)c2N2CCCCC2)c1C)[C@H]1CC[C@H](NCCc2cccc(OC)c2)CC1. The summed E-state index contributed by atoms with van der Waals surface area (Å²) in [6.45, 7) is 8.00. The Bertz CT molecular complexity index is 1450. The maximum Gasteiger partial charge on any atom is 0.251 e. The molecule has 3 aromatic rings. The molecule has 1 aliphatic heterocycles. The van der Waals surface area contributed by atoms with Gasteiger partial charge >= 0.3 is 0 Å². The summed E-state index contributed by atoms with van der Waals surface area (Å²) < 4.78 is 7.08. The van der Waals surface area contributed by atoms with E-state index in [4.69, 9.17) is 16.3 Å². The first-order valence-electron chi connectivity index (χ1n) is 16.5. The number of nitrogens with zero attached hydrogens (tertiary/aromatic N) is 4. The fraction of sp³-hybridized carbons (Fsp3) is 0.543. The summed E-state index contributed by atoms with van der Waals surface area (Å²) in [5.41, 5.74) is 4.43. The number of benzene rings is 2. The highest BCUT2D eigenvalue weighted by molar-refractivity contribution is 6.31. The smallest absolute Gasteiger partial charge is 0.251 e. The van der Waals surface area contributed by atoms with Gasteiger partial charge in [0.1, 0.15) is 11.6 Å². The van der Waals surface area contributed by atoms with Gasteiger partial charge in [-0.2, -0.15) is 0 Å². The van der Waals surface area contributed by atoms with E-state index in [1.807, 2.05) is 32.2 Å². The molecular weight excluding hydrogens is 588 g/mol. The summed E-state index contributed by atoms with van der Waals surface area (Å²) in [5, 5.41) is 22.2.